The minimum atomic E-state index is -1.24. The number of nitrogens with zero attached hydrogens (tertiary/aromatic N) is 1. The van der Waals surface area contributed by atoms with Gasteiger partial charge in [0.25, 0.3) is 0 Å². The molecule has 22 heavy (non-hydrogen) atoms. The van der Waals surface area contributed by atoms with Crippen LogP contribution in [-0.2, 0) is 0 Å². The second-order valence-electron chi connectivity index (χ2n) is 6.27. The van der Waals surface area contributed by atoms with Crippen LogP contribution in [0, 0.1) is 0 Å². The Morgan fingerprint density at radius 3 is 2.27 bits per heavy atom. The van der Waals surface area contributed by atoms with Gasteiger partial charge in [-0.3, -0.25) is 0 Å². The summed E-state index contributed by atoms with van der Waals surface area (Å²) in [5.74, 6) is -1.24. The molecule has 0 fully saturated rings. The summed E-state index contributed by atoms with van der Waals surface area (Å²) in [5.41, 5.74) is 0.534. The van der Waals surface area contributed by atoms with Crippen LogP contribution >= 0.6 is 0 Å². The van der Waals surface area contributed by atoms with E-state index < -0.39 is 12.1 Å². The average molecular weight is 311 g/mol. The number of unbranched alkanes of at least 4 members (excludes halogenated alkanes) is 1. The van der Waals surface area contributed by atoms with Crippen molar-refractivity contribution in [3.63, 3.8) is 0 Å². The van der Waals surface area contributed by atoms with Gasteiger partial charge < -0.3 is 24.6 Å². The van der Waals surface area contributed by atoms with Crippen LogP contribution in [0.5, 0.6) is 0 Å². The van der Waals surface area contributed by atoms with Crippen molar-refractivity contribution < 1.29 is 24.6 Å². The molecule has 0 unspecified atom stereocenters. The Balaban J connectivity index is 0.000000534. The predicted molar refractivity (Wildman–Crippen MR) is 85.2 cm³/mol. The monoisotopic (exact) mass is 311 g/mol. The molecule has 0 aliphatic rings. The maximum atomic E-state index is 10.8. The summed E-state index contributed by atoms with van der Waals surface area (Å²) in [7, 11) is 6.16. The van der Waals surface area contributed by atoms with Gasteiger partial charge in [0, 0.05) is 5.56 Å². The Hall–Kier alpha value is -1.43. The lowest BCUT2D eigenvalue weighted by molar-refractivity contribution is -0.870. The van der Waals surface area contributed by atoms with Gasteiger partial charge in [-0.15, -0.1) is 0 Å². The van der Waals surface area contributed by atoms with Crippen LogP contribution in [-0.4, -0.2) is 55.0 Å². The molecule has 0 saturated heterocycles. The third kappa shape index (κ3) is 8.77. The highest BCUT2D eigenvalue weighted by Crippen LogP contribution is 2.22. The summed E-state index contributed by atoms with van der Waals surface area (Å²) in [5, 5.41) is 29.0. The van der Waals surface area contributed by atoms with E-state index in [2.05, 4.69) is 21.1 Å². The lowest BCUT2D eigenvalue weighted by Crippen LogP contribution is -2.36. The van der Waals surface area contributed by atoms with Crippen LogP contribution in [0.4, 0.5) is 0 Å². The van der Waals surface area contributed by atoms with E-state index in [9.17, 15) is 15.0 Å². The molecule has 0 heterocycles. The molecule has 0 radical (unpaired) electrons. The number of benzene rings is 1. The number of aromatic carboxylic acids is 1. The largest absolute Gasteiger partial charge is 0.545 e. The molecule has 1 aromatic carbocycles. The summed E-state index contributed by atoms with van der Waals surface area (Å²) in [6.45, 7) is 3.14. The number of carboxylic acid groups (broad SMARTS) is 1. The van der Waals surface area contributed by atoms with Crippen LogP contribution in [0.25, 0.3) is 0 Å². The zero-order valence-corrected chi connectivity index (χ0v) is 14.1. The topological polar surface area (TPSA) is 80.6 Å². The Labute approximate surface area is 133 Å². The molecular weight excluding hydrogens is 282 g/mol. The summed E-state index contributed by atoms with van der Waals surface area (Å²) in [4.78, 5) is 10.8. The number of rotatable bonds is 7. The van der Waals surface area contributed by atoms with E-state index in [0.29, 0.717) is 12.0 Å². The molecule has 0 bridgehead atoms. The summed E-state index contributed by atoms with van der Waals surface area (Å²) in [6, 6.07) is 6.43. The second kappa shape index (κ2) is 10.3. The van der Waals surface area contributed by atoms with Gasteiger partial charge in [0.05, 0.1) is 39.8 Å². The molecule has 0 saturated carbocycles. The number of aliphatic hydroxyl groups excluding tert-OH is 2. The van der Waals surface area contributed by atoms with Gasteiger partial charge in [-0.2, -0.15) is 0 Å². The van der Waals surface area contributed by atoms with Gasteiger partial charge in [0.1, 0.15) is 6.54 Å². The van der Waals surface area contributed by atoms with Crippen molar-refractivity contribution in [1.82, 2.24) is 0 Å². The molecule has 1 rings (SSSR count). The van der Waals surface area contributed by atoms with Crippen LogP contribution in [0.2, 0.25) is 0 Å². The maximum absolute atomic E-state index is 10.8. The molecule has 0 aliphatic carbocycles. The SMILES string of the molecule is CCCC[C@H](O)c1ccccc1C(=O)[O-].C[N+](C)(C)CCO. The smallest absolute Gasteiger partial charge is 0.101 e. The molecule has 0 amide bonds. The normalized spacial score (nSPS) is 12.3. The van der Waals surface area contributed by atoms with Gasteiger partial charge in [-0.05, 0) is 12.0 Å². The fourth-order valence-corrected chi connectivity index (χ4v) is 1.83. The quantitative estimate of drug-likeness (QED) is 0.735. The highest BCUT2D eigenvalue weighted by Gasteiger charge is 2.11. The molecule has 5 nitrogen and oxygen atoms in total. The van der Waals surface area contributed by atoms with Crippen LogP contribution in [0.15, 0.2) is 24.3 Å². The highest BCUT2D eigenvalue weighted by atomic mass is 16.4. The van der Waals surface area contributed by atoms with Crippen molar-refractivity contribution in [2.75, 3.05) is 34.3 Å². The van der Waals surface area contributed by atoms with Crippen molar-refractivity contribution in [2.45, 2.75) is 32.3 Å². The fraction of sp³-hybridized carbons (Fsp3) is 0.588. The number of hydrogen-bond donors (Lipinski definition) is 2. The number of hydrogen-bond acceptors (Lipinski definition) is 4. The molecule has 5 heteroatoms. The Morgan fingerprint density at radius 2 is 1.86 bits per heavy atom. The second-order valence-corrected chi connectivity index (χ2v) is 6.27. The number of quaternary nitrogens is 1. The number of carbonyl (C=O) groups is 1. The van der Waals surface area contributed by atoms with Crippen LogP contribution < -0.4 is 5.11 Å². The molecular formula is C17H29NO4. The zero-order chi connectivity index (χ0) is 17.2. The molecule has 126 valence electrons. The molecule has 1 atom stereocenters. The van der Waals surface area contributed by atoms with E-state index in [1.807, 2.05) is 6.92 Å². The third-order valence-corrected chi connectivity index (χ3v) is 3.14. The van der Waals surface area contributed by atoms with Gasteiger partial charge >= 0.3 is 0 Å². The molecule has 2 N–H and O–H groups in total. The van der Waals surface area contributed by atoms with E-state index in [0.717, 1.165) is 23.9 Å². The summed E-state index contributed by atoms with van der Waals surface area (Å²) >= 11 is 0. The number of carbonyl (C=O) groups excluding carboxylic acids is 1. The van der Waals surface area contributed by atoms with Crippen molar-refractivity contribution >= 4 is 5.97 Å². The number of carboxylic acids is 1. The Bertz CT molecular complexity index is 441. The first-order valence-corrected chi connectivity index (χ1v) is 7.62. The van der Waals surface area contributed by atoms with E-state index in [1.54, 1.807) is 18.2 Å². The Morgan fingerprint density at radius 1 is 1.27 bits per heavy atom. The lowest BCUT2D eigenvalue weighted by Gasteiger charge is -2.21. The van der Waals surface area contributed by atoms with Crippen LogP contribution in [0.1, 0.15) is 48.2 Å². The average Bonchev–Trinajstić information content (AvgIpc) is 2.44. The molecule has 1 aromatic rings. The summed E-state index contributed by atoms with van der Waals surface area (Å²) in [6.07, 6.45) is 1.73. The van der Waals surface area contributed by atoms with Crippen molar-refractivity contribution in [2.24, 2.45) is 0 Å². The van der Waals surface area contributed by atoms with E-state index in [4.69, 9.17) is 5.11 Å². The van der Waals surface area contributed by atoms with E-state index >= 15 is 0 Å². The van der Waals surface area contributed by atoms with E-state index in [-0.39, 0.29) is 12.2 Å². The standard InChI is InChI=1S/C12H16O3.C5H14NO/c1-2-3-8-11(13)9-6-4-5-7-10(9)12(14)15;1-6(2,3)4-5-7/h4-7,11,13H,2-3,8H2,1H3,(H,14,15);7H,4-5H2,1-3H3/q;+1/p-1/t11-;/m0./s1. The van der Waals surface area contributed by atoms with Gasteiger partial charge in [-0.25, -0.2) is 0 Å². The fourth-order valence-electron chi connectivity index (χ4n) is 1.83. The first kappa shape index (κ1) is 20.6. The molecule has 0 spiro atoms. The van der Waals surface area contributed by atoms with Crippen molar-refractivity contribution in [3.8, 4) is 0 Å². The van der Waals surface area contributed by atoms with Crippen molar-refractivity contribution in [1.29, 1.82) is 0 Å². The van der Waals surface area contributed by atoms with Crippen molar-refractivity contribution in [3.05, 3.63) is 35.4 Å². The molecule has 0 aromatic heterocycles. The maximum Gasteiger partial charge on any atom is 0.101 e. The molecule has 0 aliphatic heterocycles. The highest BCUT2D eigenvalue weighted by molar-refractivity contribution is 5.87. The number of aliphatic hydroxyl groups is 2. The first-order chi connectivity index (χ1) is 10.2. The summed E-state index contributed by atoms with van der Waals surface area (Å²) < 4.78 is 0.844. The Kier molecular flexibility index (Phi) is 9.65. The van der Waals surface area contributed by atoms with Gasteiger partial charge in [0.15, 0.2) is 0 Å². The predicted octanol–water partition coefficient (Wildman–Crippen LogP) is 0.959. The van der Waals surface area contributed by atoms with Gasteiger partial charge in [0.2, 0.25) is 0 Å². The minimum absolute atomic E-state index is 0.0844. The van der Waals surface area contributed by atoms with Crippen LogP contribution in [0.3, 0.4) is 0 Å². The van der Waals surface area contributed by atoms with Gasteiger partial charge in [-0.1, -0.05) is 44.0 Å². The minimum Gasteiger partial charge on any atom is -0.545 e. The lowest BCUT2D eigenvalue weighted by atomic mass is 9.99. The number of likely N-dealkylation sites (N-methyl/N-ethyl adjacent to an activating group) is 1. The first-order valence-electron chi connectivity index (χ1n) is 7.62. The third-order valence-electron chi connectivity index (χ3n) is 3.14. The van der Waals surface area contributed by atoms with E-state index in [1.165, 1.54) is 6.07 Å². The zero-order valence-electron chi connectivity index (χ0n) is 14.1.